The number of carbonyl (C=O) groups excluding carboxylic acids is 1. The van der Waals surface area contributed by atoms with E-state index in [4.69, 9.17) is 23.2 Å². The van der Waals surface area contributed by atoms with Crippen molar-refractivity contribution in [2.45, 2.75) is 38.6 Å². The molecule has 0 saturated heterocycles. The number of amides is 1. The average molecular weight is 352 g/mol. The predicted octanol–water partition coefficient (Wildman–Crippen LogP) is 4.76. The van der Waals surface area contributed by atoms with Gasteiger partial charge in [0.2, 0.25) is 5.91 Å². The Hall–Kier alpha value is -1.52. The van der Waals surface area contributed by atoms with Crippen molar-refractivity contribution in [3.63, 3.8) is 0 Å². The van der Waals surface area contributed by atoms with Crippen LogP contribution in [0.25, 0.3) is 0 Å². The van der Waals surface area contributed by atoms with Crippen molar-refractivity contribution in [3.05, 3.63) is 46.1 Å². The van der Waals surface area contributed by atoms with Gasteiger partial charge in [0.1, 0.15) is 5.02 Å². The van der Waals surface area contributed by atoms with E-state index in [-0.39, 0.29) is 11.8 Å². The van der Waals surface area contributed by atoms with Gasteiger partial charge in [-0.1, -0.05) is 60.7 Å². The van der Waals surface area contributed by atoms with Gasteiger partial charge in [-0.25, -0.2) is 0 Å². The monoisotopic (exact) mass is 351 g/mol. The van der Waals surface area contributed by atoms with Crippen LogP contribution in [0.2, 0.25) is 10.0 Å². The first-order chi connectivity index (χ1) is 11.1. The summed E-state index contributed by atoms with van der Waals surface area (Å²) in [5, 5.41) is 8.37. The molecule has 1 aromatic heterocycles. The number of carbonyl (C=O) groups is 1. The van der Waals surface area contributed by atoms with Crippen molar-refractivity contribution >= 4 is 34.9 Å². The highest BCUT2D eigenvalue weighted by Gasteiger charge is 2.22. The van der Waals surface area contributed by atoms with Gasteiger partial charge in [0, 0.05) is 17.1 Å². The molecule has 122 valence electrons. The fourth-order valence-corrected chi connectivity index (χ4v) is 3.34. The van der Waals surface area contributed by atoms with Gasteiger partial charge in [-0.3, -0.25) is 9.48 Å². The fourth-order valence-electron chi connectivity index (χ4n) is 2.95. The Kier molecular flexibility index (Phi) is 5.23. The quantitative estimate of drug-likeness (QED) is 0.863. The second kappa shape index (κ2) is 7.37. The number of aromatic nitrogens is 2. The number of halogens is 2. The van der Waals surface area contributed by atoms with E-state index < -0.39 is 0 Å². The zero-order chi connectivity index (χ0) is 16.2. The third-order valence-corrected chi connectivity index (χ3v) is 4.87. The number of benzene rings is 1. The van der Waals surface area contributed by atoms with Gasteiger partial charge in [0.05, 0.1) is 6.54 Å². The molecular weight excluding hydrogens is 333 g/mol. The lowest BCUT2D eigenvalue weighted by atomic mass is 9.89. The van der Waals surface area contributed by atoms with Crippen LogP contribution in [-0.2, 0) is 11.3 Å². The van der Waals surface area contributed by atoms with E-state index in [1.807, 2.05) is 24.3 Å². The molecule has 1 aromatic carbocycles. The number of nitrogens with one attached hydrogen (secondary N) is 1. The second-order valence-corrected chi connectivity index (χ2v) is 6.75. The summed E-state index contributed by atoms with van der Waals surface area (Å²) in [6.45, 7) is 0.513. The van der Waals surface area contributed by atoms with Gasteiger partial charge >= 0.3 is 0 Å². The number of hydrogen-bond acceptors (Lipinski definition) is 2. The summed E-state index contributed by atoms with van der Waals surface area (Å²) in [6.07, 6.45) is 7.06. The molecule has 0 bridgehead atoms. The van der Waals surface area contributed by atoms with Gasteiger partial charge in [0.15, 0.2) is 5.82 Å². The zero-order valence-corrected chi connectivity index (χ0v) is 14.3. The maximum absolute atomic E-state index is 12.3. The topological polar surface area (TPSA) is 46.9 Å². The van der Waals surface area contributed by atoms with E-state index in [1.54, 1.807) is 10.9 Å². The molecule has 1 amide bonds. The van der Waals surface area contributed by atoms with Crippen LogP contribution in [0.5, 0.6) is 0 Å². The van der Waals surface area contributed by atoms with Crippen LogP contribution in [0.1, 0.15) is 37.7 Å². The maximum atomic E-state index is 12.3. The van der Waals surface area contributed by atoms with Crippen LogP contribution in [-0.4, -0.2) is 15.7 Å². The molecule has 6 heteroatoms. The first kappa shape index (κ1) is 16.3. The molecule has 1 saturated carbocycles. The largest absolute Gasteiger partial charge is 0.308 e. The van der Waals surface area contributed by atoms with Gasteiger partial charge in [-0.15, -0.1) is 0 Å². The summed E-state index contributed by atoms with van der Waals surface area (Å²) < 4.78 is 1.69. The zero-order valence-electron chi connectivity index (χ0n) is 12.8. The number of rotatable bonds is 4. The molecule has 1 aliphatic rings. The van der Waals surface area contributed by atoms with Crippen LogP contribution in [0, 0.1) is 5.92 Å². The molecule has 1 heterocycles. The third kappa shape index (κ3) is 4.06. The van der Waals surface area contributed by atoms with E-state index in [1.165, 1.54) is 6.42 Å². The lowest BCUT2D eigenvalue weighted by Gasteiger charge is -2.20. The minimum atomic E-state index is 0.0228. The molecule has 3 rings (SSSR count). The first-order valence-electron chi connectivity index (χ1n) is 7.90. The Balaban J connectivity index is 1.68. The highest BCUT2D eigenvalue weighted by molar-refractivity contribution is 6.33. The van der Waals surface area contributed by atoms with Crippen molar-refractivity contribution < 1.29 is 4.79 Å². The maximum Gasteiger partial charge on any atom is 0.228 e. The molecule has 1 N–H and O–H groups in total. The summed E-state index contributed by atoms with van der Waals surface area (Å²) in [6, 6.07) is 7.60. The third-order valence-electron chi connectivity index (χ3n) is 4.22. The smallest absolute Gasteiger partial charge is 0.228 e. The first-order valence-corrected chi connectivity index (χ1v) is 8.66. The Bertz CT molecular complexity index is 693. The van der Waals surface area contributed by atoms with Gasteiger partial charge in [0.25, 0.3) is 0 Å². The van der Waals surface area contributed by atoms with Crippen LogP contribution >= 0.6 is 23.2 Å². The highest BCUT2D eigenvalue weighted by atomic mass is 35.5. The summed E-state index contributed by atoms with van der Waals surface area (Å²) in [5.41, 5.74) is 0.957. The summed E-state index contributed by atoms with van der Waals surface area (Å²) in [7, 11) is 0. The van der Waals surface area contributed by atoms with Crippen LogP contribution < -0.4 is 5.32 Å². The molecule has 0 radical (unpaired) electrons. The van der Waals surface area contributed by atoms with Crippen molar-refractivity contribution in [3.8, 4) is 0 Å². The Morgan fingerprint density at radius 1 is 1.17 bits per heavy atom. The van der Waals surface area contributed by atoms with E-state index >= 15 is 0 Å². The van der Waals surface area contributed by atoms with Gasteiger partial charge < -0.3 is 5.32 Å². The van der Waals surface area contributed by atoms with Crippen molar-refractivity contribution in [2.75, 3.05) is 5.32 Å². The van der Waals surface area contributed by atoms with E-state index in [9.17, 15) is 4.79 Å². The van der Waals surface area contributed by atoms with E-state index in [0.717, 1.165) is 31.2 Å². The van der Waals surface area contributed by atoms with Crippen LogP contribution in [0.15, 0.2) is 30.5 Å². The fraction of sp³-hybridized carbons (Fsp3) is 0.412. The molecule has 1 fully saturated rings. The highest BCUT2D eigenvalue weighted by Crippen LogP contribution is 2.27. The average Bonchev–Trinajstić information content (AvgIpc) is 2.90. The Morgan fingerprint density at radius 2 is 1.91 bits per heavy atom. The number of hydrogen-bond donors (Lipinski definition) is 1. The van der Waals surface area contributed by atoms with Gasteiger partial charge in [-0.2, -0.15) is 5.10 Å². The summed E-state index contributed by atoms with van der Waals surface area (Å²) in [4.78, 5) is 12.3. The normalized spacial score (nSPS) is 15.6. The molecule has 23 heavy (non-hydrogen) atoms. The predicted molar refractivity (Wildman–Crippen MR) is 93.0 cm³/mol. The van der Waals surface area contributed by atoms with Crippen molar-refractivity contribution in [2.24, 2.45) is 5.92 Å². The van der Waals surface area contributed by atoms with Crippen LogP contribution in [0.3, 0.4) is 0 Å². The second-order valence-electron chi connectivity index (χ2n) is 5.94. The molecule has 0 unspecified atom stereocenters. The summed E-state index contributed by atoms with van der Waals surface area (Å²) in [5.74, 6) is 0.525. The Labute approximate surface area is 145 Å². The molecule has 0 spiro atoms. The molecule has 2 aromatic rings. The van der Waals surface area contributed by atoms with Crippen LogP contribution in [0.4, 0.5) is 5.82 Å². The van der Waals surface area contributed by atoms with E-state index in [2.05, 4.69) is 10.4 Å². The minimum Gasteiger partial charge on any atom is -0.308 e. The lowest BCUT2D eigenvalue weighted by Crippen LogP contribution is -2.25. The molecule has 1 aliphatic carbocycles. The minimum absolute atomic E-state index is 0.0228. The van der Waals surface area contributed by atoms with Crippen molar-refractivity contribution in [1.82, 2.24) is 9.78 Å². The standard InChI is InChI=1S/C17H19Cl2N3O/c18-14-9-5-4-8-13(14)10-22-11-15(19)16(21-22)20-17(23)12-6-2-1-3-7-12/h4-5,8-9,11-12H,1-3,6-7,10H2,(H,20,21,23). The van der Waals surface area contributed by atoms with Gasteiger partial charge in [-0.05, 0) is 24.5 Å². The SMILES string of the molecule is O=C(Nc1nn(Cc2ccccc2Cl)cc1Cl)C1CCCCC1. The summed E-state index contributed by atoms with van der Waals surface area (Å²) >= 11 is 12.4. The number of nitrogens with zero attached hydrogens (tertiary/aromatic N) is 2. The molecule has 0 atom stereocenters. The van der Waals surface area contributed by atoms with Crippen molar-refractivity contribution in [1.29, 1.82) is 0 Å². The molecule has 4 nitrogen and oxygen atoms in total. The lowest BCUT2D eigenvalue weighted by molar-refractivity contribution is -0.120. The molecular formula is C17H19Cl2N3O. The molecule has 0 aliphatic heterocycles. The Morgan fingerprint density at radius 3 is 2.65 bits per heavy atom. The number of anilines is 1. The van der Waals surface area contributed by atoms with E-state index in [0.29, 0.717) is 22.4 Å².